The molecule has 6 heteroatoms. The number of hydrogen-bond donors (Lipinski definition) is 1. The first kappa shape index (κ1) is 11.7. The van der Waals surface area contributed by atoms with Crippen LogP contribution in [0.3, 0.4) is 0 Å². The van der Waals surface area contributed by atoms with Crippen molar-refractivity contribution < 1.29 is 14.5 Å². The van der Waals surface area contributed by atoms with E-state index in [1.807, 2.05) is 0 Å². The Kier molecular flexibility index (Phi) is 4.02. The van der Waals surface area contributed by atoms with Crippen LogP contribution in [-0.2, 0) is 0 Å². The fraction of sp³-hybridized carbons (Fsp3) is 0.100. The molecule has 0 unspecified atom stereocenters. The van der Waals surface area contributed by atoms with Crippen molar-refractivity contribution in [3.8, 4) is 5.75 Å². The van der Waals surface area contributed by atoms with Crippen molar-refractivity contribution in [1.82, 2.24) is 5.32 Å². The molecule has 84 valence electrons. The number of rotatable bonds is 4. The van der Waals surface area contributed by atoms with E-state index in [0.717, 1.165) is 0 Å². The average molecular weight is 222 g/mol. The molecular formula is C10H10N2O4. The lowest BCUT2D eigenvalue weighted by Gasteiger charge is -2.04. The van der Waals surface area contributed by atoms with Gasteiger partial charge in [-0.1, -0.05) is 18.2 Å². The second-order valence-electron chi connectivity index (χ2n) is 2.78. The largest absolute Gasteiger partial charge is 0.413 e. The van der Waals surface area contributed by atoms with E-state index in [-0.39, 0.29) is 18.0 Å². The van der Waals surface area contributed by atoms with Crippen LogP contribution in [0.2, 0.25) is 0 Å². The Labute approximate surface area is 91.7 Å². The fourth-order valence-corrected chi connectivity index (χ4v) is 0.986. The molecule has 0 saturated carbocycles. The molecule has 1 amide bonds. The van der Waals surface area contributed by atoms with Gasteiger partial charge in [0.15, 0.2) is 0 Å². The Morgan fingerprint density at radius 1 is 1.56 bits per heavy atom. The minimum Gasteiger partial charge on any atom is -0.403 e. The maximum Gasteiger partial charge on any atom is 0.413 e. The molecule has 0 aliphatic rings. The van der Waals surface area contributed by atoms with E-state index >= 15 is 0 Å². The lowest BCUT2D eigenvalue weighted by Crippen LogP contribution is -2.26. The van der Waals surface area contributed by atoms with Crippen molar-refractivity contribution in [2.75, 3.05) is 6.54 Å². The molecule has 1 N–H and O–H groups in total. The number of nitrogens with zero attached hydrogens (tertiary/aromatic N) is 1. The van der Waals surface area contributed by atoms with Crippen molar-refractivity contribution >= 4 is 11.8 Å². The molecule has 1 rings (SSSR count). The van der Waals surface area contributed by atoms with E-state index in [0.29, 0.717) is 0 Å². The van der Waals surface area contributed by atoms with Crippen molar-refractivity contribution in [2.24, 2.45) is 0 Å². The highest BCUT2D eigenvalue weighted by Gasteiger charge is 2.16. The summed E-state index contributed by atoms with van der Waals surface area (Å²) in [5.41, 5.74) is -0.253. The summed E-state index contributed by atoms with van der Waals surface area (Å²) >= 11 is 0. The van der Waals surface area contributed by atoms with Gasteiger partial charge in [0.2, 0.25) is 5.75 Å². The number of nitrogens with one attached hydrogen (secondary N) is 1. The van der Waals surface area contributed by atoms with Crippen LogP contribution in [-0.4, -0.2) is 17.6 Å². The number of carbonyl (C=O) groups is 1. The highest BCUT2D eigenvalue weighted by molar-refractivity contribution is 5.72. The number of ether oxygens (including phenoxy) is 1. The van der Waals surface area contributed by atoms with E-state index in [2.05, 4.69) is 11.9 Å². The lowest BCUT2D eigenvalue weighted by atomic mass is 10.3. The number of hydrogen-bond acceptors (Lipinski definition) is 4. The van der Waals surface area contributed by atoms with Gasteiger partial charge in [0.05, 0.1) is 4.92 Å². The van der Waals surface area contributed by atoms with Crippen LogP contribution < -0.4 is 10.1 Å². The van der Waals surface area contributed by atoms with Crippen LogP contribution in [0.1, 0.15) is 0 Å². The Balaban J connectivity index is 2.76. The first-order valence-corrected chi connectivity index (χ1v) is 4.45. The van der Waals surface area contributed by atoms with Gasteiger partial charge < -0.3 is 10.1 Å². The highest BCUT2D eigenvalue weighted by Crippen LogP contribution is 2.25. The minimum atomic E-state index is -0.755. The monoisotopic (exact) mass is 222 g/mol. The predicted octanol–water partition coefficient (Wildman–Crippen LogP) is 1.87. The summed E-state index contributed by atoms with van der Waals surface area (Å²) in [4.78, 5) is 21.1. The van der Waals surface area contributed by atoms with E-state index in [9.17, 15) is 14.9 Å². The molecule has 1 aromatic rings. The first-order valence-electron chi connectivity index (χ1n) is 4.45. The zero-order valence-electron chi connectivity index (χ0n) is 8.38. The topological polar surface area (TPSA) is 81.5 Å². The third-order valence-electron chi connectivity index (χ3n) is 1.66. The standard InChI is InChI=1S/C10H10N2O4/c1-2-7-11-10(13)16-9-6-4-3-5-8(9)12(14)15/h2-6H,1,7H2,(H,11,13). The Hall–Kier alpha value is -2.37. The van der Waals surface area contributed by atoms with Gasteiger partial charge in [0.25, 0.3) is 0 Å². The molecule has 0 radical (unpaired) electrons. The van der Waals surface area contributed by atoms with Gasteiger partial charge in [0, 0.05) is 12.6 Å². The van der Waals surface area contributed by atoms with Crippen molar-refractivity contribution in [3.63, 3.8) is 0 Å². The van der Waals surface area contributed by atoms with E-state index in [1.165, 1.54) is 24.3 Å². The summed E-state index contributed by atoms with van der Waals surface area (Å²) in [5, 5.41) is 12.9. The maximum absolute atomic E-state index is 11.1. The first-order chi connectivity index (χ1) is 7.65. The third kappa shape index (κ3) is 3.09. The number of nitro benzene ring substituents is 1. The minimum absolute atomic E-state index is 0.0888. The lowest BCUT2D eigenvalue weighted by molar-refractivity contribution is -0.385. The van der Waals surface area contributed by atoms with E-state index < -0.39 is 11.0 Å². The Bertz CT molecular complexity index is 417. The number of para-hydroxylation sites is 2. The quantitative estimate of drug-likeness (QED) is 0.479. The van der Waals surface area contributed by atoms with E-state index in [4.69, 9.17) is 4.74 Å². The summed E-state index contributed by atoms with van der Waals surface area (Å²) in [6, 6.07) is 5.65. The van der Waals surface area contributed by atoms with Crippen molar-refractivity contribution in [3.05, 3.63) is 47.0 Å². The predicted molar refractivity (Wildman–Crippen MR) is 57.3 cm³/mol. The van der Waals surface area contributed by atoms with Gasteiger partial charge in [-0.3, -0.25) is 10.1 Å². The average Bonchev–Trinajstić information content (AvgIpc) is 2.27. The van der Waals surface area contributed by atoms with Gasteiger partial charge in [-0.15, -0.1) is 6.58 Å². The van der Waals surface area contributed by atoms with Crippen LogP contribution in [0.15, 0.2) is 36.9 Å². The molecule has 0 aromatic heterocycles. The molecule has 0 saturated heterocycles. The molecule has 0 aliphatic heterocycles. The van der Waals surface area contributed by atoms with Crippen LogP contribution in [0.5, 0.6) is 5.75 Å². The molecule has 0 spiro atoms. The van der Waals surface area contributed by atoms with Gasteiger partial charge in [0.1, 0.15) is 0 Å². The number of carbonyl (C=O) groups excluding carboxylic acids is 1. The zero-order chi connectivity index (χ0) is 12.0. The smallest absolute Gasteiger partial charge is 0.403 e. The molecular weight excluding hydrogens is 212 g/mol. The third-order valence-corrected chi connectivity index (χ3v) is 1.66. The van der Waals surface area contributed by atoms with Gasteiger partial charge in [-0.25, -0.2) is 4.79 Å². The Morgan fingerprint density at radius 2 is 2.25 bits per heavy atom. The normalized spacial score (nSPS) is 9.25. The zero-order valence-corrected chi connectivity index (χ0v) is 8.38. The molecule has 0 aliphatic carbocycles. The Morgan fingerprint density at radius 3 is 2.88 bits per heavy atom. The summed E-state index contributed by atoms with van der Waals surface area (Å²) in [6.07, 6.45) is 0.718. The molecule has 0 fully saturated rings. The molecule has 1 aromatic carbocycles. The fourth-order valence-electron chi connectivity index (χ4n) is 0.986. The molecule has 6 nitrogen and oxygen atoms in total. The van der Waals surface area contributed by atoms with Crippen molar-refractivity contribution in [2.45, 2.75) is 0 Å². The maximum atomic E-state index is 11.1. The summed E-state index contributed by atoms with van der Waals surface area (Å²) < 4.78 is 4.77. The SMILES string of the molecule is C=CCNC(=O)Oc1ccccc1[N+](=O)[O-]. The van der Waals surface area contributed by atoms with Crippen LogP contribution in [0.4, 0.5) is 10.5 Å². The number of amides is 1. The van der Waals surface area contributed by atoms with Gasteiger partial charge >= 0.3 is 11.8 Å². The number of nitro groups is 1. The second-order valence-corrected chi connectivity index (χ2v) is 2.78. The van der Waals surface area contributed by atoms with Crippen LogP contribution >= 0.6 is 0 Å². The molecule has 0 bridgehead atoms. The van der Waals surface area contributed by atoms with Gasteiger partial charge in [-0.2, -0.15) is 0 Å². The van der Waals surface area contributed by atoms with Crippen LogP contribution in [0.25, 0.3) is 0 Å². The summed E-state index contributed by atoms with van der Waals surface area (Å²) in [7, 11) is 0. The molecule has 0 heterocycles. The summed E-state index contributed by atoms with van der Waals surface area (Å²) in [6.45, 7) is 3.64. The van der Waals surface area contributed by atoms with Gasteiger partial charge in [-0.05, 0) is 6.07 Å². The molecule has 16 heavy (non-hydrogen) atoms. The number of benzene rings is 1. The molecule has 0 atom stereocenters. The highest BCUT2D eigenvalue weighted by atomic mass is 16.6. The summed E-state index contributed by atoms with van der Waals surface area (Å²) in [5.74, 6) is -0.0888. The van der Waals surface area contributed by atoms with Crippen LogP contribution in [0, 0.1) is 10.1 Å². The van der Waals surface area contributed by atoms with E-state index in [1.54, 1.807) is 6.07 Å². The second kappa shape index (κ2) is 5.50. The van der Waals surface area contributed by atoms with Crippen molar-refractivity contribution in [1.29, 1.82) is 0 Å².